The zero-order chi connectivity index (χ0) is 31.4. The zero-order valence-corrected chi connectivity index (χ0v) is 24.6. The first kappa shape index (κ1) is 29.9. The minimum atomic E-state index is -1.90. The second-order valence-corrected chi connectivity index (χ2v) is 10.1. The van der Waals surface area contributed by atoms with Crippen molar-refractivity contribution >= 4 is 57.7 Å². The summed E-state index contributed by atoms with van der Waals surface area (Å²) in [5.74, 6) is -2.21. The van der Waals surface area contributed by atoms with Crippen molar-refractivity contribution in [2.45, 2.75) is 13.0 Å². The maximum Gasteiger partial charge on any atom is 0.350 e. The molecule has 44 heavy (non-hydrogen) atoms. The molecule has 0 radical (unpaired) electrons. The number of esters is 1. The van der Waals surface area contributed by atoms with E-state index in [1.54, 1.807) is 66.7 Å². The van der Waals surface area contributed by atoms with Crippen LogP contribution in [-0.4, -0.2) is 58.9 Å². The molecule has 11 nitrogen and oxygen atoms in total. The van der Waals surface area contributed by atoms with Crippen LogP contribution in [0.15, 0.2) is 91.0 Å². The predicted octanol–water partition coefficient (Wildman–Crippen LogP) is 5.55. The van der Waals surface area contributed by atoms with Crippen LogP contribution in [0.2, 0.25) is 5.02 Å². The number of nitrogens with one attached hydrogen (secondary N) is 1. The molecular weight excluding hydrogens is 586 g/mol. The van der Waals surface area contributed by atoms with E-state index in [0.717, 1.165) is 10.2 Å². The number of aromatic nitrogens is 3. The van der Waals surface area contributed by atoms with Crippen LogP contribution >= 0.6 is 11.6 Å². The number of aryl methyl sites for hydroxylation is 1. The van der Waals surface area contributed by atoms with Crippen LogP contribution in [0.4, 0.5) is 16.2 Å². The van der Waals surface area contributed by atoms with Crippen molar-refractivity contribution in [2.24, 2.45) is 0 Å². The van der Waals surface area contributed by atoms with E-state index >= 15 is 0 Å². The average Bonchev–Trinajstić information content (AvgIpc) is 3.48. The van der Waals surface area contributed by atoms with Crippen LogP contribution in [0, 0.1) is 6.92 Å². The number of nitrogens with zero attached hydrogens (tertiary/aromatic N) is 4. The van der Waals surface area contributed by atoms with Gasteiger partial charge in [0.1, 0.15) is 11.3 Å². The fraction of sp³-hybridized carbons (Fsp3) is 0.125. The van der Waals surface area contributed by atoms with Crippen LogP contribution < -0.4 is 15.0 Å². The predicted molar refractivity (Wildman–Crippen MR) is 165 cm³/mol. The summed E-state index contributed by atoms with van der Waals surface area (Å²) in [4.78, 5) is 55.4. The van der Waals surface area contributed by atoms with Gasteiger partial charge in [-0.25, -0.2) is 9.59 Å². The van der Waals surface area contributed by atoms with Gasteiger partial charge in [0.15, 0.2) is 0 Å². The van der Waals surface area contributed by atoms with Gasteiger partial charge in [0, 0.05) is 12.6 Å². The molecule has 1 unspecified atom stereocenters. The summed E-state index contributed by atoms with van der Waals surface area (Å²) in [7, 11) is 2.93. The molecule has 5 aromatic rings. The number of rotatable bonds is 8. The molecule has 0 saturated heterocycles. The van der Waals surface area contributed by atoms with Crippen molar-refractivity contribution in [1.82, 2.24) is 15.0 Å². The highest BCUT2D eigenvalue weighted by molar-refractivity contribution is 6.34. The zero-order valence-electron chi connectivity index (χ0n) is 23.9. The maximum absolute atomic E-state index is 13.6. The number of anilines is 2. The van der Waals surface area contributed by atoms with E-state index in [4.69, 9.17) is 21.1 Å². The Labute approximate surface area is 256 Å². The normalized spacial score (nSPS) is 11.5. The van der Waals surface area contributed by atoms with Crippen LogP contribution in [-0.2, 0) is 9.53 Å². The van der Waals surface area contributed by atoms with Crippen molar-refractivity contribution in [2.75, 3.05) is 24.4 Å². The number of carbonyl (C=O) groups excluding carboxylic acids is 4. The van der Waals surface area contributed by atoms with E-state index in [-0.39, 0.29) is 27.5 Å². The third-order valence-electron chi connectivity index (χ3n) is 6.76. The molecule has 0 aliphatic rings. The number of hydrogen-bond donors (Lipinski definition) is 1. The van der Waals surface area contributed by atoms with Crippen molar-refractivity contribution < 1.29 is 28.7 Å². The van der Waals surface area contributed by atoms with E-state index in [9.17, 15) is 19.2 Å². The van der Waals surface area contributed by atoms with E-state index in [0.29, 0.717) is 16.8 Å². The largest absolute Gasteiger partial charge is 0.497 e. The molecule has 5 rings (SSSR count). The Morgan fingerprint density at radius 2 is 1.64 bits per heavy atom. The molecule has 4 aromatic carbocycles. The third kappa shape index (κ3) is 6.13. The molecule has 12 heteroatoms. The molecule has 0 bridgehead atoms. The molecule has 222 valence electrons. The molecule has 0 aliphatic carbocycles. The number of fused-ring (bicyclic) bond motifs is 1. The summed E-state index contributed by atoms with van der Waals surface area (Å²) < 4.78 is 11.9. The third-order valence-corrected chi connectivity index (χ3v) is 7.09. The molecule has 0 aliphatic heterocycles. The molecule has 1 N–H and O–H groups in total. The summed E-state index contributed by atoms with van der Waals surface area (Å²) in [6.45, 7) is 1.81. The van der Waals surface area contributed by atoms with Gasteiger partial charge in [0.2, 0.25) is 11.9 Å². The fourth-order valence-corrected chi connectivity index (χ4v) is 4.60. The molecule has 0 saturated carbocycles. The Morgan fingerprint density at radius 1 is 0.932 bits per heavy atom. The Hall–Kier alpha value is -5.55. The number of Topliss-reactive ketones (excluding diaryl/α,β-unsaturated/α-hetero) is 1. The number of ketones is 1. The van der Waals surface area contributed by atoms with Gasteiger partial charge in [-0.2, -0.15) is 4.68 Å². The lowest BCUT2D eigenvalue weighted by atomic mass is 10.0. The lowest BCUT2D eigenvalue weighted by Crippen LogP contribution is -2.40. The second kappa shape index (κ2) is 12.8. The van der Waals surface area contributed by atoms with Gasteiger partial charge >= 0.3 is 12.0 Å². The second-order valence-electron chi connectivity index (χ2n) is 9.70. The smallest absolute Gasteiger partial charge is 0.350 e. The van der Waals surface area contributed by atoms with Gasteiger partial charge in [0.25, 0.3) is 5.91 Å². The minimum absolute atomic E-state index is 0.0679. The van der Waals surface area contributed by atoms with Crippen LogP contribution in [0.3, 0.4) is 0 Å². The first-order valence-corrected chi connectivity index (χ1v) is 13.7. The molecule has 1 aromatic heterocycles. The van der Waals surface area contributed by atoms with Crippen LogP contribution in [0.5, 0.6) is 5.75 Å². The first-order chi connectivity index (χ1) is 21.2. The molecular formula is C32H26ClN5O6. The highest BCUT2D eigenvalue weighted by Gasteiger charge is 2.34. The topological polar surface area (TPSA) is 133 Å². The minimum Gasteiger partial charge on any atom is -0.497 e. The number of carbonyl (C=O) groups is 4. The summed E-state index contributed by atoms with van der Waals surface area (Å²) in [5, 5.41) is 10.8. The van der Waals surface area contributed by atoms with Gasteiger partial charge < -0.3 is 14.8 Å². The van der Waals surface area contributed by atoms with Crippen molar-refractivity contribution in [3.05, 3.63) is 113 Å². The number of ether oxygens (including phenoxy) is 2. The monoisotopic (exact) mass is 611 g/mol. The molecule has 1 atom stereocenters. The summed E-state index contributed by atoms with van der Waals surface area (Å²) in [6.07, 6.45) is -1.90. The quantitative estimate of drug-likeness (QED) is 0.137. The van der Waals surface area contributed by atoms with Crippen molar-refractivity contribution in [3.63, 3.8) is 0 Å². The van der Waals surface area contributed by atoms with E-state index in [1.165, 1.54) is 43.3 Å². The number of benzene rings is 4. The van der Waals surface area contributed by atoms with Gasteiger partial charge in [-0.05, 0) is 73.2 Å². The number of hydrogen-bond acceptors (Lipinski definition) is 8. The maximum atomic E-state index is 13.6. The van der Waals surface area contributed by atoms with Gasteiger partial charge in [-0.1, -0.05) is 47.1 Å². The molecule has 0 spiro atoms. The average molecular weight is 612 g/mol. The molecule has 2 amide bonds. The molecule has 1 heterocycles. The van der Waals surface area contributed by atoms with Gasteiger partial charge in [0.05, 0.1) is 34.6 Å². The Morgan fingerprint density at radius 3 is 2.39 bits per heavy atom. The highest BCUT2D eigenvalue weighted by atomic mass is 35.5. The first-order valence-electron chi connectivity index (χ1n) is 13.3. The van der Waals surface area contributed by atoms with Crippen LogP contribution in [0.1, 0.15) is 26.3 Å². The fourth-order valence-electron chi connectivity index (χ4n) is 4.43. The molecule has 0 fully saturated rings. The van der Waals surface area contributed by atoms with E-state index in [2.05, 4.69) is 15.6 Å². The lowest BCUT2D eigenvalue weighted by molar-refractivity contribution is -0.122. The standard InChI is InChI=1S/C32H26ClN5O6/c1-19-12-17-23(33)25(18-19)34-30(40)29(28(39)20-13-15-21(43-3)16-14-20)44-31(41)22-8-4-6-10-26(22)37(2)32(42)38-27-11-7-5-9-24(27)35-36-38/h4-18,29H,1-3H3,(H,34,40). The summed E-state index contributed by atoms with van der Waals surface area (Å²) in [6, 6.07) is 23.5. The number of para-hydroxylation sites is 2. The van der Waals surface area contributed by atoms with Crippen molar-refractivity contribution in [1.29, 1.82) is 0 Å². The van der Waals surface area contributed by atoms with Crippen molar-refractivity contribution in [3.8, 4) is 5.75 Å². The van der Waals surface area contributed by atoms with E-state index < -0.39 is 29.8 Å². The number of amides is 2. The lowest BCUT2D eigenvalue weighted by Gasteiger charge is -2.21. The summed E-state index contributed by atoms with van der Waals surface area (Å²) >= 11 is 6.27. The SMILES string of the molecule is COc1ccc(C(=O)C(OC(=O)c2ccccc2N(C)C(=O)n2nnc3ccccc32)C(=O)Nc2cc(C)ccc2Cl)cc1. The Balaban J connectivity index is 1.46. The van der Waals surface area contributed by atoms with Crippen LogP contribution in [0.25, 0.3) is 11.0 Å². The van der Waals surface area contributed by atoms with Gasteiger partial charge in [-0.3, -0.25) is 14.5 Å². The Bertz CT molecular complexity index is 1890. The Kier molecular flexibility index (Phi) is 8.68. The highest BCUT2D eigenvalue weighted by Crippen LogP contribution is 2.26. The van der Waals surface area contributed by atoms with Gasteiger partial charge in [-0.15, -0.1) is 5.10 Å². The van der Waals surface area contributed by atoms with E-state index in [1.807, 2.05) is 6.92 Å². The number of methoxy groups -OCH3 is 1. The summed E-state index contributed by atoms with van der Waals surface area (Å²) in [5.41, 5.74) is 2.23. The number of halogens is 1.